The maximum atomic E-state index is 11.4. The molecule has 1 aromatic heterocycles. The third-order valence-corrected chi connectivity index (χ3v) is 4.93. The van der Waals surface area contributed by atoms with Crippen molar-refractivity contribution in [1.82, 2.24) is 0 Å². The van der Waals surface area contributed by atoms with Crippen LogP contribution in [0.5, 0.6) is 0 Å². The molecule has 0 aliphatic carbocycles. The Morgan fingerprint density at radius 1 is 1.56 bits per heavy atom. The summed E-state index contributed by atoms with van der Waals surface area (Å²) in [5.41, 5.74) is 6.03. The van der Waals surface area contributed by atoms with Gasteiger partial charge in [-0.3, -0.25) is 0 Å². The first-order valence-electron chi connectivity index (χ1n) is 5.56. The van der Waals surface area contributed by atoms with E-state index in [1.165, 1.54) is 0 Å². The minimum Gasteiger partial charge on any atom is -0.464 e. The van der Waals surface area contributed by atoms with E-state index >= 15 is 0 Å². The Labute approximate surface area is 95.7 Å². The topological polar surface area (TPSA) is 73.3 Å². The molecule has 0 spiro atoms. The molecule has 1 aliphatic heterocycles. The molecule has 2 heterocycles. The Balaban J connectivity index is 2.11. The van der Waals surface area contributed by atoms with Crippen molar-refractivity contribution >= 4 is 9.84 Å². The van der Waals surface area contributed by atoms with E-state index in [2.05, 4.69) is 0 Å². The van der Waals surface area contributed by atoms with Crippen molar-refractivity contribution in [2.24, 2.45) is 11.7 Å². The molecule has 0 bridgehead atoms. The minimum absolute atomic E-state index is 0.000793. The maximum absolute atomic E-state index is 11.4. The Bertz CT molecular complexity index is 463. The lowest BCUT2D eigenvalue weighted by molar-refractivity contribution is 0.374. The highest BCUT2D eigenvalue weighted by Gasteiger charge is 2.33. The summed E-state index contributed by atoms with van der Waals surface area (Å²) in [6.07, 6.45) is 1.47. The van der Waals surface area contributed by atoms with Crippen LogP contribution < -0.4 is 5.73 Å². The SMILES string of the molecule is CCc1ccc(C(N)C2CCS(=O)(=O)C2)o1. The second-order valence-electron chi connectivity index (χ2n) is 4.35. The van der Waals surface area contributed by atoms with Gasteiger partial charge in [-0.1, -0.05) is 6.92 Å². The summed E-state index contributed by atoms with van der Waals surface area (Å²) >= 11 is 0. The first kappa shape index (κ1) is 11.7. The number of aryl methyl sites for hydroxylation is 1. The number of sulfone groups is 1. The predicted octanol–water partition coefficient (Wildman–Crippen LogP) is 1.28. The van der Waals surface area contributed by atoms with Crippen LogP contribution in [0.2, 0.25) is 0 Å². The summed E-state index contributed by atoms with van der Waals surface area (Å²) in [5.74, 6) is 2.05. The van der Waals surface area contributed by atoms with E-state index in [0.29, 0.717) is 12.2 Å². The number of hydrogen-bond acceptors (Lipinski definition) is 4. The van der Waals surface area contributed by atoms with Gasteiger partial charge >= 0.3 is 0 Å². The molecule has 0 aromatic carbocycles. The van der Waals surface area contributed by atoms with Crippen molar-refractivity contribution in [3.63, 3.8) is 0 Å². The molecular weight excluding hydrogens is 226 g/mol. The largest absolute Gasteiger partial charge is 0.464 e. The Hall–Kier alpha value is -0.810. The van der Waals surface area contributed by atoms with Crippen LogP contribution in [0.4, 0.5) is 0 Å². The molecule has 2 atom stereocenters. The smallest absolute Gasteiger partial charge is 0.150 e. The van der Waals surface area contributed by atoms with Crippen LogP contribution >= 0.6 is 0 Å². The van der Waals surface area contributed by atoms with Crippen LogP contribution in [0, 0.1) is 5.92 Å². The molecule has 2 N–H and O–H groups in total. The second kappa shape index (κ2) is 4.22. The van der Waals surface area contributed by atoms with Crippen LogP contribution in [-0.2, 0) is 16.3 Å². The van der Waals surface area contributed by atoms with E-state index in [-0.39, 0.29) is 23.5 Å². The van der Waals surface area contributed by atoms with Gasteiger partial charge < -0.3 is 10.2 Å². The molecule has 2 rings (SSSR count). The van der Waals surface area contributed by atoms with Gasteiger partial charge in [-0.15, -0.1) is 0 Å². The fraction of sp³-hybridized carbons (Fsp3) is 0.636. The summed E-state index contributed by atoms with van der Waals surface area (Å²) in [7, 11) is -2.87. The van der Waals surface area contributed by atoms with Gasteiger partial charge in [-0.25, -0.2) is 8.42 Å². The molecule has 1 aromatic rings. The van der Waals surface area contributed by atoms with Gasteiger partial charge in [0.15, 0.2) is 9.84 Å². The van der Waals surface area contributed by atoms with Crippen LogP contribution in [0.1, 0.15) is 30.9 Å². The predicted molar refractivity (Wildman–Crippen MR) is 61.8 cm³/mol. The lowest BCUT2D eigenvalue weighted by Crippen LogP contribution is -2.21. The molecule has 0 radical (unpaired) electrons. The van der Waals surface area contributed by atoms with Crippen LogP contribution in [-0.4, -0.2) is 19.9 Å². The van der Waals surface area contributed by atoms with E-state index in [9.17, 15) is 8.42 Å². The lowest BCUT2D eigenvalue weighted by atomic mass is 9.98. The zero-order valence-corrected chi connectivity index (χ0v) is 10.2. The third-order valence-electron chi connectivity index (χ3n) is 3.13. The summed E-state index contributed by atoms with van der Waals surface area (Å²) in [6, 6.07) is 3.46. The quantitative estimate of drug-likeness (QED) is 0.867. The zero-order chi connectivity index (χ0) is 11.8. The standard InChI is InChI=1S/C11H17NO3S/c1-2-9-3-4-10(15-9)11(12)8-5-6-16(13,14)7-8/h3-4,8,11H,2,5-7,12H2,1H3. The molecule has 5 heteroatoms. The van der Waals surface area contributed by atoms with Crippen molar-refractivity contribution < 1.29 is 12.8 Å². The fourth-order valence-electron chi connectivity index (χ4n) is 2.10. The van der Waals surface area contributed by atoms with Gasteiger partial charge in [-0.2, -0.15) is 0 Å². The average molecular weight is 243 g/mol. The Morgan fingerprint density at radius 2 is 2.31 bits per heavy atom. The molecule has 0 amide bonds. The molecule has 2 unspecified atom stereocenters. The third kappa shape index (κ3) is 2.30. The normalized spacial score (nSPS) is 25.8. The van der Waals surface area contributed by atoms with Crippen LogP contribution in [0.3, 0.4) is 0 Å². The van der Waals surface area contributed by atoms with Crippen molar-refractivity contribution in [3.05, 3.63) is 23.7 Å². The van der Waals surface area contributed by atoms with E-state index in [0.717, 1.165) is 12.2 Å². The van der Waals surface area contributed by atoms with Gasteiger partial charge in [0.05, 0.1) is 17.5 Å². The number of nitrogens with two attached hydrogens (primary N) is 1. The minimum atomic E-state index is -2.87. The van der Waals surface area contributed by atoms with Gasteiger partial charge in [-0.05, 0) is 24.5 Å². The van der Waals surface area contributed by atoms with Crippen LogP contribution in [0.25, 0.3) is 0 Å². The van der Waals surface area contributed by atoms with Crippen molar-refractivity contribution in [3.8, 4) is 0 Å². The zero-order valence-electron chi connectivity index (χ0n) is 9.35. The van der Waals surface area contributed by atoms with Crippen molar-refractivity contribution in [2.45, 2.75) is 25.8 Å². The van der Waals surface area contributed by atoms with Gasteiger partial charge in [0.25, 0.3) is 0 Å². The van der Waals surface area contributed by atoms with E-state index in [4.69, 9.17) is 10.2 Å². The van der Waals surface area contributed by atoms with Crippen molar-refractivity contribution in [1.29, 1.82) is 0 Å². The summed E-state index contributed by atoms with van der Waals surface area (Å²) in [4.78, 5) is 0. The maximum Gasteiger partial charge on any atom is 0.150 e. The fourth-order valence-corrected chi connectivity index (χ4v) is 3.96. The highest BCUT2D eigenvalue weighted by atomic mass is 32.2. The van der Waals surface area contributed by atoms with E-state index in [1.807, 2.05) is 19.1 Å². The van der Waals surface area contributed by atoms with Gasteiger partial charge in [0, 0.05) is 6.42 Å². The molecule has 1 aliphatic rings. The Kier molecular flexibility index (Phi) is 3.08. The summed E-state index contributed by atoms with van der Waals surface area (Å²) < 4.78 is 28.3. The molecule has 4 nitrogen and oxygen atoms in total. The van der Waals surface area contributed by atoms with E-state index < -0.39 is 9.84 Å². The Morgan fingerprint density at radius 3 is 2.81 bits per heavy atom. The summed E-state index contributed by atoms with van der Waals surface area (Å²) in [6.45, 7) is 2.01. The van der Waals surface area contributed by atoms with Crippen LogP contribution in [0.15, 0.2) is 16.5 Å². The van der Waals surface area contributed by atoms with Crippen molar-refractivity contribution in [2.75, 3.05) is 11.5 Å². The molecular formula is C11H17NO3S. The summed E-state index contributed by atoms with van der Waals surface area (Å²) in [5, 5.41) is 0. The van der Waals surface area contributed by atoms with E-state index in [1.54, 1.807) is 0 Å². The highest BCUT2D eigenvalue weighted by molar-refractivity contribution is 7.91. The lowest BCUT2D eigenvalue weighted by Gasteiger charge is -2.14. The second-order valence-corrected chi connectivity index (χ2v) is 6.58. The number of hydrogen-bond donors (Lipinski definition) is 1. The molecule has 1 fully saturated rings. The highest BCUT2D eigenvalue weighted by Crippen LogP contribution is 2.30. The van der Waals surface area contributed by atoms with Gasteiger partial charge in [0.1, 0.15) is 11.5 Å². The first-order chi connectivity index (χ1) is 7.52. The average Bonchev–Trinajstić information content (AvgIpc) is 2.83. The molecule has 16 heavy (non-hydrogen) atoms. The monoisotopic (exact) mass is 243 g/mol. The number of furan rings is 1. The molecule has 1 saturated heterocycles. The van der Waals surface area contributed by atoms with Gasteiger partial charge in [0.2, 0.25) is 0 Å². The number of rotatable bonds is 3. The first-order valence-corrected chi connectivity index (χ1v) is 7.38. The molecule has 90 valence electrons. The molecule has 0 saturated carbocycles.